The highest BCUT2D eigenvalue weighted by molar-refractivity contribution is 7.71. The molecule has 1 aromatic carbocycles. The van der Waals surface area contributed by atoms with Crippen LogP contribution < -0.4 is 10.2 Å². The molecule has 0 fully saturated rings. The van der Waals surface area contributed by atoms with Crippen molar-refractivity contribution < 1.29 is 9.18 Å². The number of benzene rings is 1. The summed E-state index contributed by atoms with van der Waals surface area (Å²) in [6.45, 7) is 8.23. The fourth-order valence-corrected chi connectivity index (χ4v) is 3.19. The molecule has 0 aliphatic heterocycles. The van der Waals surface area contributed by atoms with E-state index in [9.17, 15) is 9.18 Å². The van der Waals surface area contributed by atoms with Crippen LogP contribution in [0.2, 0.25) is 0 Å². The van der Waals surface area contributed by atoms with Crippen molar-refractivity contribution >= 4 is 40.7 Å². The lowest BCUT2D eigenvalue weighted by molar-refractivity contribution is 0.0952. The lowest BCUT2D eigenvalue weighted by Crippen LogP contribution is -2.28. The number of amides is 1. The zero-order chi connectivity index (χ0) is 19.6. The molecule has 0 unspecified atom stereocenters. The Hall–Kier alpha value is -3.25. The zero-order valence-corrected chi connectivity index (χ0v) is 15.6. The largest absolute Gasteiger partial charge is 0.373 e. The van der Waals surface area contributed by atoms with Gasteiger partial charge in [0.25, 0.3) is 11.6 Å². The number of anilines is 1. The van der Waals surface area contributed by atoms with Gasteiger partial charge in [0.2, 0.25) is 0 Å². The van der Waals surface area contributed by atoms with Crippen molar-refractivity contribution in [3.63, 3.8) is 0 Å². The summed E-state index contributed by atoms with van der Waals surface area (Å²) in [5, 5.41) is 2.80. The number of H-pyrrole nitrogens is 1. The molecule has 0 radical (unpaired) electrons. The zero-order valence-electron chi connectivity index (χ0n) is 14.8. The lowest BCUT2D eigenvalue weighted by Gasteiger charge is -2.18. The summed E-state index contributed by atoms with van der Waals surface area (Å²) in [7, 11) is 3.68. The van der Waals surface area contributed by atoms with Crippen LogP contribution in [-0.2, 0) is 6.54 Å². The topological polar surface area (TPSA) is 70.3 Å². The first-order chi connectivity index (χ1) is 12.9. The van der Waals surface area contributed by atoms with Crippen molar-refractivity contribution in [3.05, 3.63) is 58.0 Å². The van der Waals surface area contributed by atoms with Crippen LogP contribution in [0.15, 0.2) is 30.6 Å². The Kier molecular flexibility index (Phi) is 5.19. The van der Waals surface area contributed by atoms with Crippen LogP contribution in [0.4, 0.5) is 15.9 Å². The normalized spacial score (nSPS) is 10.6. The van der Waals surface area contributed by atoms with E-state index in [2.05, 4.69) is 20.1 Å². The molecule has 3 rings (SSSR count). The van der Waals surface area contributed by atoms with E-state index in [1.54, 1.807) is 0 Å². The summed E-state index contributed by atoms with van der Waals surface area (Å²) < 4.78 is 15.2. The maximum Gasteiger partial charge on any atom is 0.251 e. The van der Waals surface area contributed by atoms with E-state index >= 15 is 0 Å². The first kappa shape index (κ1) is 18.5. The monoisotopic (exact) mass is 384 g/mol. The van der Waals surface area contributed by atoms with Crippen LogP contribution in [0, 0.1) is 17.0 Å². The fraction of sp³-hybridized carbons (Fsp3) is 0.222. The second-order valence-corrected chi connectivity index (χ2v) is 6.41. The van der Waals surface area contributed by atoms with Gasteiger partial charge >= 0.3 is 0 Å². The summed E-state index contributed by atoms with van der Waals surface area (Å²) in [6.07, 6.45) is 1.47. The molecular weight excluding hydrogens is 367 g/mol. The molecule has 0 atom stereocenters. The average Bonchev–Trinajstić information content (AvgIpc) is 2.97. The summed E-state index contributed by atoms with van der Waals surface area (Å²) in [5.41, 5.74) is 2.10. The molecule has 138 valence electrons. The van der Waals surface area contributed by atoms with E-state index in [0.717, 1.165) is 0 Å². The number of hydrogen-bond donors (Lipinski definition) is 2. The van der Waals surface area contributed by atoms with Crippen molar-refractivity contribution in [2.24, 2.45) is 0 Å². The SMILES string of the molecule is [C-]#[N+]c1c(N(C)C)n(CCNC(=O)c2ccc(F)cc2)c2c(=S)nc[nH]c12. The number of nitrogens with zero attached hydrogens (tertiary/aromatic N) is 4. The summed E-state index contributed by atoms with van der Waals surface area (Å²) >= 11 is 5.34. The number of halogens is 1. The van der Waals surface area contributed by atoms with Crippen molar-refractivity contribution in [1.29, 1.82) is 0 Å². The molecular formula is C18H17FN6OS. The summed E-state index contributed by atoms with van der Waals surface area (Å²) in [5.74, 6) is -0.00711. The van der Waals surface area contributed by atoms with Crippen LogP contribution >= 0.6 is 12.2 Å². The molecule has 2 heterocycles. The lowest BCUT2D eigenvalue weighted by atomic mass is 10.2. The summed E-state index contributed by atoms with van der Waals surface area (Å²) in [4.78, 5) is 24.8. The standard InChI is InChI=1S/C18H17FN6OS/c1-20-14-13-15(17(27)23-10-22-13)25(18(14)24(2)3)9-8-21-16(26)11-4-6-12(19)7-5-11/h4-7,10H,8-9H2,2-3H3,(H,21,26)(H,22,23,27). The first-order valence-electron chi connectivity index (χ1n) is 8.12. The quantitative estimate of drug-likeness (QED) is 0.523. The van der Waals surface area contributed by atoms with E-state index < -0.39 is 5.82 Å². The molecule has 7 nitrogen and oxygen atoms in total. The van der Waals surface area contributed by atoms with Gasteiger partial charge in [0.1, 0.15) is 11.6 Å². The van der Waals surface area contributed by atoms with Crippen molar-refractivity contribution in [1.82, 2.24) is 19.9 Å². The number of fused-ring (bicyclic) bond motifs is 1. The van der Waals surface area contributed by atoms with E-state index in [0.29, 0.717) is 45.8 Å². The van der Waals surface area contributed by atoms with Crippen LogP contribution in [-0.4, -0.2) is 41.1 Å². The molecule has 2 N–H and O–H groups in total. The highest BCUT2D eigenvalue weighted by atomic mass is 32.1. The van der Waals surface area contributed by atoms with E-state index in [4.69, 9.17) is 18.8 Å². The predicted octanol–water partition coefficient (Wildman–Crippen LogP) is 3.28. The highest BCUT2D eigenvalue weighted by Crippen LogP contribution is 2.37. The van der Waals surface area contributed by atoms with Gasteiger partial charge in [0, 0.05) is 32.7 Å². The minimum absolute atomic E-state index is 0.299. The Balaban J connectivity index is 1.89. The van der Waals surface area contributed by atoms with Crippen molar-refractivity contribution in [2.45, 2.75) is 6.54 Å². The first-order valence-corrected chi connectivity index (χ1v) is 8.53. The van der Waals surface area contributed by atoms with Gasteiger partial charge in [0.05, 0.1) is 23.9 Å². The van der Waals surface area contributed by atoms with E-state index in [1.165, 1.54) is 30.6 Å². The molecule has 27 heavy (non-hydrogen) atoms. The smallest absolute Gasteiger partial charge is 0.251 e. The summed E-state index contributed by atoms with van der Waals surface area (Å²) in [6, 6.07) is 5.34. The maximum absolute atomic E-state index is 13.0. The van der Waals surface area contributed by atoms with Gasteiger partial charge in [-0.3, -0.25) is 4.79 Å². The number of carbonyl (C=O) groups is 1. The Morgan fingerprint density at radius 3 is 2.74 bits per heavy atom. The Morgan fingerprint density at radius 1 is 1.41 bits per heavy atom. The molecule has 0 aliphatic rings. The molecule has 0 spiro atoms. The highest BCUT2D eigenvalue weighted by Gasteiger charge is 2.20. The number of rotatable bonds is 5. The molecule has 1 amide bonds. The van der Waals surface area contributed by atoms with Crippen LogP contribution in [0.1, 0.15) is 10.4 Å². The molecule has 3 aromatic rings. The third kappa shape index (κ3) is 3.52. The number of nitrogens with one attached hydrogen (secondary N) is 2. The number of aromatic nitrogens is 3. The van der Waals surface area contributed by atoms with E-state index in [1.807, 2.05) is 23.6 Å². The van der Waals surface area contributed by atoms with Gasteiger partial charge in [-0.15, -0.1) is 0 Å². The molecule has 0 bridgehead atoms. The van der Waals surface area contributed by atoms with Crippen molar-refractivity contribution in [3.8, 4) is 0 Å². The van der Waals surface area contributed by atoms with Gasteiger partial charge in [-0.25, -0.2) is 14.2 Å². The van der Waals surface area contributed by atoms with Gasteiger partial charge < -0.3 is 19.8 Å². The third-order valence-corrected chi connectivity index (χ3v) is 4.37. The molecule has 2 aromatic heterocycles. The van der Waals surface area contributed by atoms with Crippen LogP contribution in [0.5, 0.6) is 0 Å². The van der Waals surface area contributed by atoms with Crippen LogP contribution in [0.25, 0.3) is 15.9 Å². The Morgan fingerprint density at radius 2 is 2.11 bits per heavy atom. The van der Waals surface area contributed by atoms with Crippen molar-refractivity contribution in [2.75, 3.05) is 25.5 Å². The van der Waals surface area contributed by atoms with E-state index in [-0.39, 0.29) is 5.91 Å². The second-order valence-electron chi connectivity index (χ2n) is 6.02. The van der Waals surface area contributed by atoms with Gasteiger partial charge in [-0.05, 0) is 24.3 Å². The van der Waals surface area contributed by atoms with Gasteiger partial charge in [0.15, 0.2) is 4.64 Å². The number of aromatic amines is 1. The van der Waals surface area contributed by atoms with Gasteiger partial charge in [-0.1, -0.05) is 12.2 Å². The second kappa shape index (κ2) is 7.55. The van der Waals surface area contributed by atoms with Gasteiger partial charge in [-0.2, -0.15) is 0 Å². The number of carbonyl (C=O) groups excluding carboxylic acids is 1. The average molecular weight is 384 g/mol. The minimum atomic E-state index is -0.394. The Bertz CT molecular complexity index is 1090. The maximum atomic E-state index is 13.0. The third-order valence-electron chi connectivity index (χ3n) is 4.07. The molecule has 0 saturated heterocycles. The molecule has 9 heteroatoms. The fourth-order valence-electron chi connectivity index (χ4n) is 2.93. The molecule has 0 saturated carbocycles. The van der Waals surface area contributed by atoms with Crippen LogP contribution in [0.3, 0.4) is 0 Å². The predicted molar refractivity (Wildman–Crippen MR) is 104 cm³/mol. The molecule has 0 aliphatic carbocycles. The Labute approximate surface area is 160 Å². The number of hydrogen-bond acceptors (Lipinski definition) is 4. The minimum Gasteiger partial charge on any atom is -0.373 e.